The average Bonchev–Trinajstić information content (AvgIpc) is 2.58. The van der Waals surface area contributed by atoms with Crippen LogP contribution < -0.4 is 10.3 Å². The highest BCUT2D eigenvalue weighted by Crippen LogP contribution is 2.28. The van der Waals surface area contributed by atoms with Gasteiger partial charge in [0.1, 0.15) is 5.75 Å². The fraction of sp³-hybridized carbons (Fsp3) is 0.105. The first-order valence-corrected chi connectivity index (χ1v) is 8.02. The number of halogens is 1. The standard InChI is InChI=1S/C19H16BrNO2/c1-12-17(13-5-9-16(23-2)10-6-13)11-18(21-19(12)22)14-3-7-15(20)8-4-14/h3-11H,1-2H3,(H,21,22). The maximum Gasteiger partial charge on any atom is 0.251 e. The maximum atomic E-state index is 12.3. The Kier molecular flexibility index (Phi) is 4.35. The summed E-state index contributed by atoms with van der Waals surface area (Å²) < 4.78 is 6.20. The van der Waals surface area contributed by atoms with Crippen molar-refractivity contribution in [1.29, 1.82) is 0 Å². The first-order valence-electron chi connectivity index (χ1n) is 7.23. The molecule has 0 saturated heterocycles. The van der Waals surface area contributed by atoms with Gasteiger partial charge in [0, 0.05) is 15.7 Å². The predicted molar refractivity (Wildman–Crippen MR) is 96.9 cm³/mol. The third-order valence-corrected chi connectivity index (χ3v) is 4.37. The maximum absolute atomic E-state index is 12.3. The minimum atomic E-state index is -0.0729. The monoisotopic (exact) mass is 369 g/mol. The van der Waals surface area contributed by atoms with Crippen LogP contribution in [0.15, 0.2) is 63.9 Å². The van der Waals surface area contributed by atoms with E-state index in [1.807, 2.05) is 61.5 Å². The number of nitrogens with one attached hydrogen (secondary N) is 1. The van der Waals surface area contributed by atoms with Gasteiger partial charge >= 0.3 is 0 Å². The Labute approximate surface area is 143 Å². The number of H-pyrrole nitrogens is 1. The zero-order valence-electron chi connectivity index (χ0n) is 12.9. The molecule has 0 fully saturated rings. The summed E-state index contributed by atoms with van der Waals surface area (Å²) in [5.41, 5.74) is 4.33. The summed E-state index contributed by atoms with van der Waals surface area (Å²) in [5.74, 6) is 0.796. The van der Waals surface area contributed by atoms with E-state index < -0.39 is 0 Å². The van der Waals surface area contributed by atoms with Gasteiger partial charge in [0.15, 0.2) is 0 Å². The van der Waals surface area contributed by atoms with Gasteiger partial charge in [-0.2, -0.15) is 0 Å². The van der Waals surface area contributed by atoms with E-state index in [9.17, 15) is 4.79 Å². The number of aromatic amines is 1. The van der Waals surface area contributed by atoms with Crippen molar-refractivity contribution in [3.8, 4) is 28.1 Å². The summed E-state index contributed by atoms with van der Waals surface area (Å²) in [4.78, 5) is 15.3. The number of pyridine rings is 1. The molecule has 0 bridgehead atoms. The molecular weight excluding hydrogens is 354 g/mol. The fourth-order valence-electron chi connectivity index (χ4n) is 2.48. The molecule has 0 radical (unpaired) electrons. The zero-order chi connectivity index (χ0) is 16.4. The predicted octanol–water partition coefficient (Wildman–Crippen LogP) is 4.79. The summed E-state index contributed by atoms with van der Waals surface area (Å²) >= 11 is 3.43. The number of methoxy groups -OCH3 is 1. The van der Waals surface area contributed by atoms with Gasteiger partial charge in [-0.3, -0.25) is 4.79 Å². The SMILES string of the molecule is COc1ccc(-c2cc(-c3ccc(Br)cc3)[nH]c(=O)c2C)cc1. The lowest BCUT2D eigenvalue weighted by atomic mass is 9.99. The normalized spacial score (nSPS) is 10.6. The molecular formula is C19H16BrNO2. The number of ether oxygens (including phenoxy) is 1. The molecule has 3 rings (SSSR count). The minimum Gasteiger partial charge on any atom is -0.497 e. The third-order valence-electron chi connectivity index (χ3n) is 3.84. The first kappa shape index (κ1) is 15.6. The van der Waals surface area contributed by atoms with Crippen LogP contribution in [0.2, 0.25) is 0 Å². The van der Waals surface area contributed by atoms with Gasteiger partial charge in [-0.05, 0) is 53.9 Å². The van der Waals surface area contributed by atoms with Crippen molar-refractivity contribution in [2.24, 2.45) is 0 Å². The van der Waals surface area contributed by atoms with Gasteiger partial charge in [0.25, 0.3) is 5.56 Å². The van der Waals surface area contributed by atoms with Crippen LogP contribution in [0.25, 0.3) is 22.4 Å². The van der Waals surface area contributed by atoms with Crippen molar-refractivity contribution in [2.75, 3.05) is 7.11 Å². The van der Waals surface area contributed by atoms with Crippen molar-refractivity contribution in [2.45, 2.75) is 6.92 Å². The lowest BCUT2D eigenvalue weighted by Crippen LogP contribution is -2.11. The molecule has 1 aromatic heterocycles. The van der Waals surface area contributed by atoms with Crippen LogP contribution in [0.3, 0.4) is 0 Å². The van der Waals surface area contributed by atoms with Crippen molar-refractivity contribution >= 4 is 15.9 Å². The van der Waals surface area contributed by atoms with Gasteiger partial charge < -0.3 is 9.72 Å². The molecule has 0 aliphatic carbocycles. The molecule has 1 N–H and O–H groups in total. The number of hydrogen-bond donors (Lipinski definition) is 1. The van der Waals surface area contributed by atoms with E-state index in [0.29, 0.717) is 5.56 Å². The summed E-state index contributed by atoms with van der Waals surface area (Å²) in [6.07, 6.45) is 0. The van der Waals surface area contributed by atoms with Gasteiger partial charge in [0.2, 0.25) is 0 Å². The number of benzene rings is 2. The molecule has 3 nitrogen and oxygen atoms in total. The van der Waals surface area contributed by atoms with Crippen LogP contribution in [0.5, 0.6) is 5.75 Å². The molecule has 0 amide bonds. The molecule has 116 valence electrons. The highest BCUT2D eigenvalue weighted by molar-refractivity contribution is 9.10. The second-order valence-corrected chi connectivity index (χ2v) is 6.20. The molecule has 0 atom stereocenters. The fourth-order valence-corrected chi connectivity index (χ4v) is 2.75. The molecule has 0 unspecified atom stereocenters. The van der Waals surface area contributed by atoms with Crippen molar-refractivity contribution < 1.29 is 4.74 Å². The van der Waals surface area contributed by atoms with Crippen LogP contribution in [0.1, 0.15) is 5.56 Å². The van der Waals surface area contributed by atoms with E-state index in [1.54, 1.807) is 7.11 Å². The highest BCUT2D eigenvalue weighted by Gasteiger charge is 2.09. The van der Waals surface area contributed by atoms with Gasteiger partial charge in [-0.15, -0.1) is 0 Å². The molecule has 4 heteroatoms. The first-order chi connectivity index (χ1) is 11.1. The van der Waals surface area contributed by atoms with Crippen LogP contribution in [-0.2, 0) is 0 Å². The molecule has 3 aromatic rings. The topological polar surface area (TPSA) is 42.1 Å². The lowest BCUT2D eigenvalue weighted by molar-refractivity contribution is 0.415. The molecule has 2 aromatic carbocycles. The second kappa shape index (κ2) is 6.42. The molecule has 23 heavy (non-hydrogen) atoms. The van der Waals surface area contributed by atoms with Crippen LogP contribution >= 0.6 is 15.9 Å². The molecule has 0 aliphatic rings. The molecule has 0 aliphatic heterocycles. The minimum absolute atomic E-state index is 0.0729. The van der Waals surface area contributed by atoms with Gasteiger partial charge in [0.05, 0.1) is 7.11 Å². The lowest BCUT2D eigenvalue weighted by Gasteiger charge is -2.10. The van der Waals surface area contributed by atoms with E-state index in [-0.39, 0.29) is 5.56 Å². The molecule has 0 saturated carbocycles. The molecule has 0 spiro atoms. The number of rotatable bonds is 3. The van der Waals surface area contributed by atoms with Crippen molar-refractivity contribution in [3.63, 3.8) is 0 Å². The average molecular weight is 370 g/mol. The Morgan fingerprint density at radius 1 is 0.957 bits per heavy atom. The van der Waals surface area contributed by atoms with Crippen molar-refractivity contribution in [3.05, 3.63) is 75.0 Å². The Morgan fingerprint density at radius 3 is 2.17 bits per heavy atom. The highest BCUT2D eigenvalue weighted by atomic mass is 79.9. The van der Waals surface area contributed by atoms with Crippen LogP contribution in [0.4, 0.5) is 0 Å². The van der Waals surface area contributed by atoms with E-state index in [0.717, 1.165) is 32.6 Å². The summed E-state index contributed by atoms with van der Waals surface area (Å²) in [6.45, 7) is 1.84. The van der Waals surface area contributed by atoms with Crippen molar-refractivity contribution in [1.82, 2.24) is 4.98 Å². The van der Waals surface area contributed by atoms with Gasteiger partial charge in [-0.1, -0.05) is 40.2 Å². The van der Waals surface area contributed by atoms with E-state index in [4.69, 9.17) is 4.74 Å². The quantitative estimate of drug-likeness (QED) is 0.721. The third kappa shape index (κ3) is 3.22. The summed E-state index contributed by atoms with van der Waals surface area (Å²) in [7, 11) is 1.64. The van der Waals surface area contributed by atoms with E-state index in [2.05, 4.69) is 20.9 Å². The van der Waals surface area contributed by atoms with E-state index in [1.165, 1.54) is 0 Å². The largest absolute Gasteiger partial charge is 0.497 e. The van der Waals surface area contributed by atoms with Crippen LogP contribution in [-0.4, -0.2) is 12.1 Å². The van der Waals surface area contributed by atoms with Gasteiger partial charge in [-0.25, -0.2) is 0 Å². The summed E-state index contributed by atoms with van der Waals surface area (Å²) in [6, 6.07) is 17.6. The Bertz CT molecular complexity index is 881. The second-order valence-electron chi connectivity index (χ2n) is 5.29. The Morgan fingerprint density at radius 2 is 1.57 bits per heavy atom. The smallest absolute Gasteiger partial charge is 0.251 e. The molecule has 1 heterocycles. The Hall–Kier alpha value is -2.33. The van der Waals surface area contributed by atoms with E-state index >= 15 is 0 Å². The van der Waals surface area contributed by atoms with Crippen LogP contribution in [0, 0.1) is 6.92 Å². The number of hydrogen-bond acceptors (Lipinski definition) is 2. The summed E-state index contributed by atoms with van der Waals surface area (Å²) in [5, 5.41) is 0. The number of aromatic nitrogens is 1. The Balaban J connectivity index is 2.13. The zero-order valence-corrected chi connectivity index (χ0v) is 14.5.